The van der Waals surface area contributed by atoms with Gasteiger partial charge in [-0.3, -0.25) is 4.90 Å². The highest BCUT2D eigenvalue weighted by molar-refractivity contribution is 5.18. The number of benzene rings is 1. The van der Waals surface area contributed by atoms with E-state index in [1.165, 1.54) is 37.8 Å². The second-order valence-electron chi connectivity index (χ2n) is 4.89. The number of ether oxygens (including phenoxy) is 1. The van der Waals surface area contributed by atoms with Crippen molar-refractivity contribution in [2.45, 2.75) is 37.8 Å². The lowest BCUT2D eigenvalue weighted by atomic mass is 9.93. The fourth-order valence-corrected chi connectivity index (χ4v) is 2.90. The Kier molecular flexibility index (Phi) is 2.94. The van der Waals surface area contributed by atoms with Crippen LogP contribution < -0.4 is 0 Å². The summed E-state index contributed by atoms with van der Waals surface area (Å²) in [6, 6.07) is 11.4. The van der Waals surface area contributed by atoms with Gasteiger partial charge in [-0.15, -0.1) is 0 Å². The van der Waals surface area contributed by atoms with Crippen LogP contribution in [0.15, 0.2) is 30.3 Å². The van der Waals surface area contributed by atoms with Gasteiger partial charge in [0.2, 0.25) is 0 Å². The maximum absolute atomic E-state index is 5.96. The van der Waals surface area contributed by atoms with Crippen molar-refractivity contribution in [1.29, 1.82) is 0 Å². The molecule has 0 bridgehead atoms. The highest BCUT2D eigenvalue weighted by atomic mass is 16.5. The molecule has 2 atom stereocenters. The van der Waals surface area contributed by atoms with Crippen molar-refractivity contribution < 1.29 is 4.74 Å². The van der Waals surface area contributed by atoms with Crippen LogP contribution in [0.3, 0.4) is 0 Å². The molecule has 0 spiro atoms. The number of hydrogen-bond donors (Lipinski definition) is 0. The molecule has 0 amide bonds. The predicted molar refractivity (Wildman–Crippen MR) is 64.1 cm³/mol. The van der Waals surface area contributed by atoms with E-state index in [1.807, 2.05) is 0 Å². The minimum atomic E-state index is 0.320. The number of nitrogens with zero attached hydrogens (tertiary/aromatic N) is 1. The van der Waals surface area contributed by atoms with Crippen LogP contribution in [0.2, 0.25) is 0 Å². The first-order valence-corrected chi connectivity index (χ1v) is 6.34. The standard InChI is InChI=1S/C14H19NO/c1-2-6-12(7-3-1)14-10-13-8-4-5-9-15(13)11-16-14/h1-3,6-7,13-14H,4-5,8-11H2/t13-,14-/m1/s1. The van der Waals surface area contributed by atoms with E-state index in [0.29, 0.717) is 6.10 Å². The summed E-state index contributed by atoms with van der Waals surface area (Å²) >= 11 is 0. The number of piperidine rings is 1. The Morgan fingerprint density at radius 1 is 1.12 bits per heavy atom. The molecule has 2 aliphatic rings. The van der Waals surface area contributed by atoms with Crippen molar-refractivity contribution in [2.75, 3.05) is 13.3 Å². The van der Waals surface area contributed by atoms with Gasteiger partial charge in [-0.1, -0.05) is 36.8 Å². The van der Waals surface area contributed by atoms with Crippen LogP contribution in [0.1, 0.15) is 37.4 Å². The Morgan fingerprint density at radius 2 is 2.00 bits per heavy atom. The minimum Gasteiger partial charge on any atom is -0.358 e. The number of fused-ring (bicyclic) bond motifs is 1. The highest BCUT2D eigenvalue weighted by Crippen LogP contribution is 2.33. The van der Waals surface area contributed by atoms with Gasteiger partial charge in [-0.05, 0) is 24.8 Å². The van der Waals surface area contributed by atoms with E-state index in [2.05, 4.69) is 35.2 Å². The van der Waals surface area contributed by atoms with Gasteiger partial charge in [-0.2, -0.15) is 0 Å². The normalized spacial score (nSPS) is 31.0. The first-order chi connectivity index (χ1) is 7.93. The summed E-state index contributed by atoms with van der Waals surface area (Å²) < 4.78 is 5.96. The van der Waals surface area contributed by atoms with E-state index in [4.69, 9.17) is 4.74 Å². The Labute approximate surface area is 97.2 Å². The lowest BCUT2D eigenvalue weighted by Crippen LogP contribution is -2.45. The Balaban J connectivity index is 1.71. The summed E-state index contributed by atoms with van der Waals surface area (Å²) in [6.45, 7) is 2.05. The molecule has 2 saturated heterocycles. The molecule has 2 nitrogen and oxygen atoms in total. The monoisotopic (exact) mass is 217 g/mol. The van der Waals surface area contributed by atoms with Gasteiger partial charge in [0.25, 0.3) is 0 Å². The molecule has 3 rings (SSSR count). The molecule has 2 heterocycles. The molecule has 16 heavy (non-hydrogen) atoms. The molecule has 1 aromatic rings. The van der Waals surface area contributed by atoms with Crippen LogP contribution in [0.4, 0.5) is 0 Å². The molecule has 0 unspecified atom stereocenters. The molecule has 2 heteroatoms. The summed E-state index contributed by atoms with van der Waals surface area (Å²) in [4.78, 5) is 2.50. The van der Waals surface area contributed by atoms with Gasteiger partial charge in [0.1, 0.15) is 6.73 Å². The maximum Gasteiger partial charge on any atom is 0.100 e. The van der Waals surface area contributed by atoms with E-state index < -0.39 is 0 Å². The third-order valence-corrected chi connectivity index (χ3v) is 3.85. The van der Waals surface area contributed by atoms with Crippen LogP contribution in [-0.4, -0.2) is 24.2 Å². The SMILES string of the molecule is c1ccc([C@H]2C[C@H]3CCCCN3CO2)cc1. The summed E-state index contributed by atoms with van der Waals surface area (Å²) in [5.41, 5.74) is 1.34. The predicted octanol–water partition coefficient (Wildman–Crippen LogP) is 2.96. The molecule has 1 aromatic carbocycles. The maximum atomic E-state index is 5.96. The van der Waals surface area contributed by atoms with Gasteiger partial charge >= 0.3 is 0 Å². The van der Waals surface area contributed by atoms with Gasteiger partial charge in [-0.25, -0.2) is 0 Å². The van der Waals surface area contributed by atoms with Crippen LogP contribution in [0, 0.1) is 0 Å². The molecule has 0 saturated carbocycles. The van der Waals surface area contributed by atoms with Crippen molar-refractivity contribution >= 4 is 0 Å². The van der Waals surface area contributed by atoms with Crippen molar-refractivity contribution in [3.8, 4) is 0 Å². The second-order valence-corrected chi connectivity index (χ2v) is 4.89. The van der Waals surface area contributed by atoms with Gasteiger partial charge in [0.15, 0.2) is 0 Å². The third-order valence-electron chi connectivity index (χ3n) is 3.85. The molecular formula is C14H19NO. The Hall–Kier alpha value is -0.860. The van der Waals surface area contributed by atoms with Crippen molar-refractivity contribution in [3.63, 3.8) is 0 Å². The Morgan fingerprint density at radius 3 is 2.88 bits per heavy atom. The zero-order valence-electron chi connectivity index (χ0n) is 9.64. The zero-order valence-corrected chi connectivity index (χ0v) is 9.64. The average Bonchev–Trinajstić information content (AvgIpc) is 2.39. The fraction of sp³-hybridized carbons (Fsp3) is 0.571. The average molecular weight is 217 g/mol. The molecule has 0 aromatic heterocycles. The van der Waals surface area contributed by atoms with Crippen molar-refractivity contribution in [1.82, 2.24) is 4.90 Å². The van der Waals surface area contributed by atoms with E-state index >= 15 is 0 Å². The van der Waals surface area contributed by atoms with Crippen molar-refractivity contribution in [3.05, 3.63) is 35.9 Å². The van der Waals surface area contributed by atoms with E-state index in [0.717, 1.165) is 12.8 Å². The smallest absolute Gasteiger partial charge is 0.100 e. The van der Waals surface area contributed by atoms with E-state index in [-0.39, 0.29) is 0 Å². The van der Waals surface area contributed by atoms with Crippen LogP contribution in [0.25, 0.3) is 0 Å². The summed E-state index contributed by atoms with van der Waals surface area (Å²) in [5.74, 6) is 0. The minimum absolute atomic E-state index is 0.320. The van der Waals surface area contributed by atoms with Crippen LogP contribution in [-0.2, 0) is 4.74 Å². The number of rotatable bonds is 1. The van der Waals surface area contributed by atoms with Gasteiger partial charge < -0.3 is 4.74 Å². The fourth-order valence-electron chi connectivity index (χ4n) is 2.90. The van der Waals surface area contributed by atoms with E-state index in [1.54, 1.807) is 0 Å². The summed E-state index contributed by atoms with van der Waals surface area (Å²) in [5, 5.41) is 0. The Bertz CT molecular complexity index is 338. The zero-order chi connectivity index (χ0) is 10.8. The first kappa shape index (κ1) is 10.3. The lowest BCUT2D eigenvalue weighted by Gasteiger charge is -2.42. The van der Waals surface area contributed by atoms with Gasteiger partial charge in [0.05, 0.1) is 6.10 Å². The quantitative estimate of drug-likeness (QED) is 0.717. The van der Waals surface area contributed by atoms with E-state index in [9.17, 15) is 0 Å². The summed E-state index contributed by atoms with van der Waals surface area (Å²) in [7, 11) is 0. The van der Waals surface area contributed by atoms with Crippen LogP contribution in [0.5, 0.6) is 0 Å². The largest absolute Gasteiger partial charge is 0.358 e. The summed E-state index contributed by atoms with van der Waals surface area (Å²) in [6.07, 6.45) is 5.58. The molecular weight excluding hydrogens is 198 g/mol. The van der Waals surface area contributed by atoms with Crippen molar-refractivity contribution in [2.24, 2.45) is 0 Å². The topological polar surface area (TPSA) is 12.5 Å². The lowest BCUT2D eigenvalue weighted by molar-refractivity contribution is -0.109. The molecule has 2 aliphatic heterocycles. The molecule has 0 aliphatic carbocycles. The second kappa shape index (κ2) is 4.56. The van der Waals surface area contributed by atoms with Gasteiger partial charge in [0, 0.05) is 12.6 Å². The third kappa shape index (κ3) is 2.00. The van der Waals surface area contributed by atoms with Crippen LogP contribution >= 0.6 is 0 Å². The highest BCUT2D eigenvalue weighted by Gasteiger charge is 2.31. The number of hydrogen-bond acceptors (Lipinski definition) is 2. The molecule has 0 radical (unpaired) electrons. The molecule has 2 fully saturated rings. The molecule has 86 valence electrons. The first-order valence-electron chi connectivity index (χ1n) is 6.34. The molecule has 0 N–H and O–H groups in total.